The van der Waals surface area contributed by atoms with Gasteiger partial charge in [-0.15, -0.1) is 0 Å². The summed E-state index contributed by atoms with van der Waals surface area (Å²) < 4.78 is 5.39. The van der Waals surface area contributed by atoms with E-state index in [4.69, 9.17) is 4.74 Å². The maximum atomic E-state index is 12.3. The van der Waals surface area contributed by atoms with Gasteiger partial charge in [0.1, 0.15) is 5.75 Å². The lowest BCUT2D eigenvalue weighted by molar-refractivity contribution is 0.0938. The van der Waals surface area contributed by atoms with Gasteiger partial charge in [-0.25, -0.2) is 0 Å². The lowest BCUT2D eigenvalue weighted by Gasteiger charge is -2.17. The van der Waals surface area contributed by atoms with E-state index in [2.05, 4.69) is 26.1 Å². The summed E-state index contributed by atoms with van der Waals surface area (Å²) in [4.78, 5) is 12.3. The number of hydrogen-bond donors (Lipinski definition) is 1. The van der Waals surface area contributed by atoms with Crippen LogP contribution >= 0.6 is 0 Å². The maximum absolute atomic E-state index is 12.3. The molecule has 1 N–H and O–H groups in total. The molecule has 1 aromatic carbocycles. The third-order valence-corrected chi connectivity index (χ3v) is 3.43. The number of benzene rings is 1. The quantitative estimate of drug-likeness (QED) is 0.880. The van der Waals surface area contributed by atoms with Crippen molar-refractivity contribution in [1.29, 1.82) is 0 Å². The van der Waals surface area contributed by atoms with Crippen molar-refractivity contribution in [1.82, 2.24) is 5.32 Å². The molecule has 1 rings (SSSR count). The Morgan fingerprint density at radius 2 is 1.95 bits per heavy atom. The molecule has 0 spiro atoms. The summed E-state index contributed by atoms with van der Waals surface area (Å²) in [6, 6.07) is 4.09. The second kappa shape index (κ2) is 6.60. The fraction of sp³-hybridized carbons (Fsp3) is 0.562. The molecular weight excluding hydrogens is 238 g/mol. The second-order valence-electron chi connectivity index (χ2n) is 5.35. The summed E-state index contributed by atoms with van der Waals surface area (Å²) in [6.45, 7) is 10.2. The van der Waals surface area contributed by atoms with Crippen LogP contribution in [0.1, 0.15) is 61.5 Å². The smallest absolute Gasteiger partial charge is 0.251 e. The zero-order valence-corrected chi connectivity index (χ0v) is 12.8. The maximum Gasteiger partial charge on any atom is 0.251 e. The van der Waals surface area contributed by atoms with Crippen LogP contribution in [0.3, 0.4) is 0 Å². The fourth-order valence-electron chi connectivity index (χ4n) is 1.97. The highest BCUT2D eigenvalue weighted by molar-refractivity contribution is 5.96. The van der Waals surface area contributed by atoms with Crippen LogP contribution in [0.4, 0.5) is 0 Å². The van der Waals surface area contributed by atoms with E-state index in [1.54, 1.807) is 7.11 Å². The number of rotatable bonds is 5. The van der Waals surface area contributed by atoms with Gasteiger partial charge in [-0.2, -0.15) is 0 Å². The van der Waals surface area contributed by atoms with Gasteiger partial charge < -0.3 is 10.1 Å². The summed E-state index contributed by atoms with van der Waals surface area (Å²) in [7, 11) is 1.67. The molecule has 19 heavy (non-hydrogen) atoms. The minimum Gasteiger partial charge on any atom is -0.496 e. The van der Waals surface area contributed by atoms with Crippen LogP contribution < -0.4 is 10.1 Å². The largest absolute Gasteiger partial charge is 0.496 e. The van der Waals surface area contributed by atoms with Crippen LogP contribution in [0, 0.1) is 6.92 Å². The van der Waals surface area contributed by atoms with Gasteiger partial charge in [-0.3, -0.25) is 4.79 Å². The molecule has 0 fully saturated rings. The van der Waals surface area contributed by atoms with Gasteiger partial charge in [0.05, 0.1) is 7.11 Å². The molecule has 0 heterocycles. The van der Waals surface area contributed by atoms with Crippen LogP contribution in [0.2, 0.25) is 0 Å². The van der Waals surface area contributed by atoms with Crippen molar-refractivity contribution >= 4 is 5.91 Å². The lowest BCUT2D eigenvalue weighted by Crippen LogP contribution is -2.32. The SMILES string of the molecule is CC[C@@H](C)NC(=O)c1cc(C(C)C)c(OC)cc1C. The van der Waals surface area contributed by atoms with E-state index in [9.17, 15) is 4.79 Å². The van der Waals surface area contributed by atoms with Crippen LogP contribution in [-0.2, 0) is 0 Å². The average Bonchev–Trinajstić information content (AvgIpc) is 2.37. The minimum absolute atomic E-state index is 0.00333. The molecule has 0 radical (unpaired) electrons. The Morgan fingerprint density at radius 3 is 2.42 bits per heavy atom. The third kappa shape index (κ3) is 3.72. The van der Waals surface area contributed by atoms with Crippen molar-refractivity contribution in [3.05, 3.63) is 28.8 Å². The van der Waals surface area contributed by atoms with Crippen LogP contribution in [-0.4, -0.2) is 19.1 Å². The summed E-state index contributed by atoms with van der Waals surface area (Å²) >= 11 is 0. The van der Waals surface area contributed by atoms with E-state index in [0.717, 1.165) is 28.9 Å². The van der Waals surface area contributed by atoms with Crippen molar-refractivity contribution in [2.45, 2.75) is 53.0 Å². The molecule has 0 saturated heterocycles. The molecule has 0 aromatic heterocycles. The Hall–Kier alpha value is -1.51. The van der Waals surface area contributed by atoms with Crippen molar-refractivity contribution < 1.29 is 9.53 Å². The molecular formula is C16H25NO2. The first-order chi connectivity index (χ1) is 8.90. The van der Waals surface area contributed by atoms with Gasteiger partial charge in [-0.05, 0) is 49.4 Å². The Kier molecular flexibility index (Phi) is 5.40. The van der Waals surface area contributed by atoms with Gasteiger partial charge in [-0.1, -0.05) is 20.8 Å². The predicted molar refractivity (Wildman–Crippen MR) is 79.0 cm³/mol. The normalized spacial score (nSPS) is 12.4. The molecule has 0 aliphatic heterocycles. The van der Waals surface area contributed by atoms with Gasteiger partial charge in [0.25, 0.3) is 5.91 Å². The zero-order valence-electron chi connectivity index (χ0n) is 12.8. The second-order valence-corrected chi connectivity index (χ2v) is 5.35. The minimum atomic E-state index is -0.00333. The molecule has 0 aliphatic rings. The standard InChI is InChI=1S/C16H25NO2/c1-7-12(5)17-16(18)14-9-13(10(2)3)15(19-6)8-11(14)4/h8-10,12H,7H2,1-6H3,(H,17,18)/t12-/m1/s1. The molecule has 3 heteroatoms. The number of carbonyl (C=O) groups excluding carboxylic acids is 1. The third-order valence-electron chi connectivity index (χ3n) is 3.43. The molecule has 106 valence electrons. The summed E-state index contributed by atoms with van der Waals surface area (Å²) in [5.74, 6) is 1.18. The number of aryl methyl sites for hydroxylation is 1. The predicted octanol–water partition coefficient (Wildman–Crippen LogP) is 3.66. The lowest BCUT2D eigenvalue weighted by atomic mass is 9.96. The first-order valence-electron chi connectivity index (χ1n) is 6.90. The van der Waals surface area contributed by atoms with E-state index in [1.165, 1.54) is 0 Å². The molecule has 0 aliphatic carbocycles. The van der Waals surface area contributed by atoms with Crippen molar-refractivity contribution in [2.24, 2.45) is 0 Å². The Balaban J connectivity index is 3.14. The summed E-state index contributed by atoms with van der Waals surface area (Å²) in [5.41, 5.74) is 2.76. The number of amides is 1. The molecule has 0 saturated carbocycles. The van der Waals surface area contributed by atoms with E-state index in [0.29, 0.717) is 5.92 Å². The Bertz CT molecular complexity index is 452. The fourth-order valence-corrected chi connectivity index (χ4v) is 1.97. The first-order valence-corrected chi connectivity index (χ1v) is 6.90. The number of methoxy groups -OCH3 is 1. The van der Waals surface area contributed by atoms with E-state index in [-0.39, 0.29) is 11.9 Å². The highest BCUT2D eigenvalue weighted by Gasteiger charge is 2.16. The molecule has 0 unspecified atom stereocenters. The molecule has 1 amide bonds. The van der Waals surface area contributed by atoms with Crippen molar-refractivity contribution in [2.75, 3.05) is 7.11 Å². The zero-order chi connectivity index (χ0) is 14.6. The van der Waals surface area contributed by atoms with Gasteiger partial charge >= 0.3 is 0 Å². The average molecular weight is 263 g/mol. The topological polar surface area (TPSA) is 38.3 Å². The number of nitrogens with one attached hydrogen (secondary N) is 1. The van der Waals surface area contributed by atoms with Gasteiger partial charge in [0.15, 0.2) is 0 Å². The van der Waals surface area contributed by atoms with Crippen molar-refractivity contribution in [3.8, 4) is 5.75 Å². The van der Waals surface area contributed by atoms with Crippen LogP contribution in [0.5, 0.6) is 5.75 Å². The number of hydrogen-bond acceptors (Lipinski definition) is 2. The summed E-state index contributed by atoms with van der Waals surface area (Å²) in [6.07, 6.45) is 0.929. The highest BCUT2D eigenvalue weighted by atomic mass is 16.5. The van der Waals surface area contributed by atoms with Crippen molar-refractivity contribution in [3.63, 3.8) is 0 Å². The van der Waals surface area contributed by atoms with E-state index < -0.39 is 0 Å². The van der Waals surface area contributed by atoms with Crippen LogP contribution in [0.15, 0.2) is 12.1 Å². The van der Waals surface area contributed by atoms with Gasteiger partial charge in [0.2, 0.25) is 0 Å². The Labute approximate surface area is 116 Å². The van der Waals surface area contributed by atoms with Crippen LogP contribution in [0.25, 0.3) is 0 Å². The number of carbonyl (C=O) groups is 1. The summed E-state index contributed by atoms with van der Waals surface area (Å²) in [5, 5.41) is 3.01. The molecule has 0 bridgehead atoms. The number of ether oxygens (including phenoxy) is 1. The molecule has 1 aromatic rings. The van der Waals surface area contributed by atoms with E-state index in [1.807, 2.05) is 26.0 Å². The highest BCUT2D eigenvalue weighted by Crippen LogP contribution is 2.29. The first kappa shape index (κ1) is 15.5. The van der Waals surface area contributed by atoms with E-state index >= 15 is 0 Å². The van der Waals surface area contributed by atoms with Gasteiger partial charge in [0, 0.05) is 11.6 Å². The molecule has 1 atom stereocenters. The monoisotopic (exact) mass is 263 g/mol. The molecule has 3 nitrogen and oxygen atoms in total. The Morgan fingerprint density at radius 1 is 1.32 bits per heavy atom.